The second kappa shape index (κ2) is 5.26. The fourth-order valence-corrected chi connectivity index (χ4v) is 12.2. The molecule has 1 nitrogen and oxygen atoms in total. The highest BCUT2D eigenvalue weighted by Gasteiger charge is 2.42. The summed E-state index contributed by atoms with van der Waals surface area (Å²) in [6.07, 6.45) is 0. The Labute approximate surface area is 146 Å². The SMILES string of the molecule is C[Si]1(C)N=C(c2ccc3ccccc3c2)[Si](C)(C)c2ccccc21. The van der Waals surface area contributed by atoms with Crippen LogP contribution < -0.4 is 10.4 Å². The molecule has 1 aliphatic heterocycles. The molecule has 24 heavy (non-hydrogen) atoms. The minimum atomic E-state index is -1.79. The van der Waals surface area contributed by atoms with Crippen LogP contribution in [-0.4, -0.2) is 21.6 Å². The van der Waals surface area contributed by atoms with Crippen molar-refractivity contribution < 1.29 is 0 Å². The van der Waals surface area contributed by atoms with Crippen LogP contribution in [0.1, 0.15) is 5.56 Å². The first kappa shape index (κ1) is 15.5. The molecule has 3 aromatic carbocycles. The molecule has 0 fully saturated rings. The van der Waals surface area contributed by atoms with E-state index in [1.165, 1.54) is 26.9 Å². The van der Waals surface area contributed by atoms with Gasteiger partial charge in [0.25, 0.3) is 0 Å². The maximum atomic E-state index is 5.40. The van der Waals surface area contributed by atoms with E-state index < -0.39 is 16.3 Å². The predicted molar refractivity (Wildman–Crippen MR) is 111 cm³/mol. The van der Waals surface area contributed by atoms with Crippen LogP contribution in [0.4, 0.5) is 0 Å². The van der Waals surface area contributed by atoms with E-state index >= 15 is 0 Å². The lowest BCUT2D eigenvalue weighted by molar-refractivity contribution is 1.54. The Morgan fingerprint density at radius 3 is 2.04 bits per heavy atom. The summed E-state index contributed by atoms with van der Waals surface area (Å²) in [5.74, 6) is 0. The van der Waals surface area contributed by atoms with Gasteiger partial charge in [-0.15, -0.1) is 0 Å². The molecule has 0 saturated carbocycles. The molecule has 0 spiro atoms. The average molecular weight is 346 g/mol. The number of hydrogen-bond acceptors (Lipinski definition) is 1. The Kier molecular flexibility index (Phi) is 3.41. The lowest BCUT2D eigenvalue weighted by Crippen LogP contribution is -2.66. The molecule has 0 saturated heterocycles. The quantitative estimate of drug-likeness (QED) is 0.586. The van der Waals surface area contributed by atoms with Crippen LogP contribution >= 0.6 is 0 Å². The first-order chi connectivity index (χ1) is 11.4. The van der Waals surface area contributed by atoms with E-state index in [1.54, 1.807) is 5.19 Å². The van der Waals surface area contributed by atoms with Gasteiger partial charge in [-0.1, -0.05) is 78.9 Å². The third kappa shape index (κ3) is 2.31. The number of rotatable bonds is 1. The van der Waals surface area contributed by atoms with Crippen molar-refractivity contribution >= 4 is 42.8 Å². The molecular formula is C21H23NSi2. The van der Waals surface area contributed by atoms with Crippen molar-refractivity contribution in [3.05, 3.63) is 72.3 Å². The van der Waals surface area contributed by atoms with Crippen LogP contribution in [0.5, 0.6) is 0 Å². The second-order valence-corrected chi connectivity index (χ2v) is 15.9. The van der Waals surface area contributed by atoms with Gasteiger partial charge < -0.3 is 4.66 Å². The molecule has 4 rings (SSSR count). The molecule has 0 amide bonds. The molecule has 0 atom stereocenters. The molecule has 3 heteroatoms. The van der Waals surface area contributed by atoms with Crippen LogP contribution in [0.2, 0.25) is 26.2 Å². The molecule has 0 aromatic heterocycles. The molecule has 1 heterocycles. The first-order valence-corrected chi connectivity index (χ1v) is 14.5. The fourth-order valence-electron chi connectivity index (χ4n) is 3.93. The summed E-state index contributed by atoms with van der Waals surface area (Å²) >= 11 is 0. The molecule has 3 aromatic rings. The van der Waals surface area contributed by atoms with Gasteiger partial charge in [0.15, 0.2) is 0 Å². The average Bonchev–Trinajstić information content (AvgIpc) is 2.58. The van der Waals surface area contributed by atoms with Crippen LogP contribution in [0.25, 0.3) is 10.8 Å². The van der Waals surface area contributed by atoms with E-state index in [-0.39, 0.29) is 0 Å². The molecule has 120 valence electrons. The summed E-state index contributed by atoms with van der Waals surface area (Å²) < 4.78 is 5.40. The summed E-state index contributed by atoms with van der Waals surface area (Å²) in [4.78, 5) is 0. The Hall–Kier alpha value is -1.98. The number of hydrogen-bond donors (Lipinski definition) is 0. The van der Waals surface area contributed by atoms with Gasteiger partial charge in [0.05, 0.1) is 0 Å². The van der Waals surface area contributed by atoms with Crippen LogP contribution in [-0.2, 0) is 0 Å². The number of nitrogens with zero attached hydrogens (tertiary/aromatic N) is 1. The molecule has 0 aliphatic carbocycles. The smallest absolute Gasteiger partial charge is 0.205 e. The van der Waals surface area contributed by atoms with Crippen molar-refractivity contribution in [3.63, 3.8) is 0 Å². The van der Waals surface area contributed by atoms with Crippen LogP contribution in [0.15, 0.2) is 71.4 Å². The Morgan fingerprint density at radius 1 is 0.667 bits per heavy atom. The lowest BCUT2D eigenvalue weighted by atomic mass is 10.1. The third-order valence-corrected chi connectivity index (χ3v) is 11.6. The summed E-state index contributed by atoms with van der Waals surface area (Å²) in [6.45, 7) is 9.64. The second-order valence-electron chi connectivity index (χ2n) is 7.75. The highest BCUT2D eigenvalue weighted by Crippen LogP contribution is 2.24. The van der Waals surface area contributed by atoms with Gasteiger partial charge >= 0.3 is 0 Å². The Balaban J connectivity index is 1.95. The van der Waals surface area contributed by atoms with Crippen molar-refractivity contribution in [1.82, 2.24) is 0 Å². The highest BCUT2D eigenvalue weighted by molar-refractivity contribution is 7.21. The normalized spacial score (nSPS) is 18.1. The molecule has 0 bridgehead atoms. The molecular weight excluding hydrogens is 322 g/mol. The number of fused-ring (bicyclic) bond motifs is 2. The topological polar surface area (TPSA) is 12.4 Å². The molecule has 0 N–H and O–H groups in total. The Bertz CT molecular complexity index is 970. The van der Waals surface area contributed by atoms with Gasteiger partial charge in [-0.05, 0) is 40.7 Å². The molecule has 1 aliphatic rings. The molecule has 0 unspecified atom stereocenters. The van der Waals surface area contributed by atoms with Crippen LogP contribution in [0, 0.1) is 0 Å². The van der Waals surface area contributed by atoms with Gasteiger partial charge in [-0.25, -0.2) is 0 Å². The summed E-state index contributed by atoms with van der Waals surface area (Å²) in [7, 11) is -3.56. The number of benzene rings is 3. The maximum Gasteiger partial charge on any atom is 0.205 e. The molecule has 0 radical (unpaired) electrons. The van der Waals surface area contributed by atoms with E-state index in [2.05, 4.69) is 92.9 Å². The van der Waals surface area contributed by atoms with Crippen molar-refractivity contribution in [1.29, 1.82) is 0 Å². The largest absolute Gasteiger partial charge is 0.324 e. The highest BCUT2D eigenvalue weighted by atomic mass is 28.3. The van der Waals surface area contributed by atoms with Gasteiger partial charge in [-0.2, -0.15) is 0 Å². The minimum Gasteiger partial charge on any atom is -0.324 e. The monoisotopic (exact) mass is 345 g/mol. The van der Waals surface area contributed by atoms with E-state index in [0.717, 1.165) is 0 Å². The maximum absolute atomic E-state index is 5.40. The first-order valence-electron chi connectivity index (χ1n) is 8.59. The fraction of sp³-hybridized carbons (Fsp3) is 0.190. The van der Waals surface area contributed by atoms with Crippen molar-refractivity contribution in [2.45, 2.75) is 26.2 Å². The minimum absolute atomic E-state index is 1.30. The zero-order valence-corrected chi connectivity index (χ0v) is 16.8. The van der Waals surface area contributed by atoms with E-state index in [0.29, 0.717) is 0 Å². The lowest BCUT2D eigenvalue weighted by Gasteiger charge is -2.38. The summed E-state index contributed by atoms with van der Waals surface area (Å²) in [5.41, 5.74) is 1.32. The van der Waals surface area contributed by atoms with Gasteiger partial charge in [0.1, 0.15) is 8.07 Å². The van der Waals surface area contributed by atoms with Crippen molar-refractivity contribution in [2.75, 3.05) is 0 Å². The summed E-state index contributed by atoms with van der Waals surface area (Å²) in [6, 6.07) is 24.5. The predicted octanol–water partition coefficient (Wildman–Crippen LogP) is 4.21. The van der Waals surface area contributed by atoms with Gasteiger partial charge in [-0.3, -0.25) is 0 Å². The zero-order chi connectivity index (χ0) is 16.9. The summed E-state index contributed by atoms with van der Waals surface area (Å²) in [5, 5.41) is 7.10. The zero-order valence-electron chi connectivity index (χ0n) is 14.8. The van der Waals surface area contributed by atoms with Crippen LogP contribution in [0.3, 0.4) is 0 Å². The van der Waals surface area contributed by atoms with E-state index in [4.69, 9.17) is 4.66 Å². The van der Waals surface area contributed by atoms with Crippen molar-refractivity contribution in [3.8, 4) is 0 Å². The standard InChI is InChI=1S/C21H23NSi2/c1-23(2)19-11-7-8-12-20(19)24(3,4)22-21(23)18-14-13-16-9-5-6-10-17(16)15-18/h5-15H,1-4H3. The third-order valence-electron chi connectivity index (χ3n) is 5.27. The Morgan fingerprint density at radius 2 is 1.29 bits per heavy atom. The van der Waals surface area contributed by atoms with Gasteiger partial charge in [0, 0.05) is 5.33 Å². The van der Waals surface area contributed by atoms with E-state index in [1.807, 2.05) is 0 Å². The van der Waals surface area contributed by atoms with Crippen molar-refractivity contribution in [2.24, 2.45) is 4.66 Å². The van der Waals surface area contributed by atoms with E-state index in [9.17, 15) is 0 Å². The van der Waals surface area contributed by atoms with Gasteiger partial charge in [0.2, 0.25) is 8.24 Å².